The monoisotopic (exact) mass is 461 g/mol. The van der Waals surface area contributed by atoms with Crippen LogP contribution in [-0.2, 0) is 12.8 Å². The third-order valence-electron chi connectivity index (χ3n) is 7.16. The Bertz CT molecular complexity index is 1300. The molecule has 2 atom stereocenters. The van der Waals surface area contributed by atoms with E-state index in [1.807, 2.05) is 42.5 Å². The Morgan fingerprint density at radius 2 is 1.91 bits per heavy atom. The van der Waals surface area contributed by atoms with Crippen LogP contribution in [0.5, 0.6) is 5.75 Å². The fraction of sp³-hybridized carbons (Fsp3) is 0.385. The molecule has 2 bridgehead atoms. The van der Waals surface area contributed by atoms with Crippen LogP contribution in [0, 0.1) is 0 Å². The zero-order valence-electron chi connectivity index (χ0n) is 18.6. The van der Waals surface area contributed by atoms with Crippen molar-refractivity contribution >= 4 is 21.6 Å². The van der Waals surface area contributed by atoms with Gasteiger partial charge in [0.2, 0.25) is 0 Å². The second kappa shape index (κ2) is 8.47. The van der Waals surface area contributed by atoms with Crippen LogP contribution in [0.1, 0.15) is 36.3 Å². The third-order valence-corrected chi connectivity index (χ3v) is 8.33. The number of nitrogens with zero attached hydrogens (tertiary/aromatic N) is 3. The lowest BCUT2D eigenvalue weighted by atomic mass is 10.0. The largest absolute Gasteiger partial charge is 0.490 e. The van der Waals surface area contributed by atoms with Gasteiger partial charge in [-0.2, -0.15) is 0 Å². The van der Waals surface area contributed by atoms with Gasteiger partial charge >= 0.3 is 0 Å². The van der Waals surface area contributed by atoms with Crippen molar-refractivity contribution in [3.8, 4) is 11.4 Å². The number of fused-ring (bicyclic) bond motifs is 3. The molecule has 2 aliphatic rings. The zero-order chi connectivity index (χ0) is 22.4. The minimum absolute atomic E-state index is 0.0326. The first-order chi connectivity index (χ1) is 16.1. The number of aryl methyl sites for hydroxylation is 2. The molecule has 4 aromatic rings. The summed E-state index contributed by atoms with van der Waals surface area (Å²) in [6.07, 6.45) is 9.98. The Labute approximate surface area is 196 Å². The van der Waals surface area contributed by atoms with Crippen molar-refractivity contribution in [2.24, 2.45) is 0 Å². The van der Waals surface area contributed by atoms with E-state index in [-0.39, 0.29) is 11.7 Å². The van der Waals surface area contributed by atoms with E-state index in [1.54, 1.807) is 17.2 Å². The van der Waals surface area contributed by atoms with Gasteiger partial charge in [-0.3, -0.25) is 9.36 Å². The summed E-state index contributed by atoms with van der Waals surface area (Å²) < 4.78 is 14.0. The zero-order valence-corrected chi connectivity index (χ0v) is 19.5. The first-order valence-electron chi connectivity index (χ1n) is 11.7. The molecule has 6 nitrogen and oxygen atoms in total. The lowest BCUT2D eigenvalue weighted by Gasteiger charge is -2.36. The fourth-order valence-corrected chi connectivity index (χ4v) is 6.34. The summed E-state index contributed by atoms with van der Waals surface area (Å²) in [6, 6.07) is 15.0. The summed E-state index contributed by atoms with van der Waals surface area (Å²) >= 11 is 1.52. The van der Waals surface area contributed by atoms with Gasteiger partial charge in [-0.25, -0.2) is 4.98 Å². The van der Waals surface area contributed by atoms with Gasteiger partial charge < -0.3 is 14.1 Å². The predicted molar refractivity (Wildman–Crippen MR) is 130 cm³/mol. The highest BCUT2D eigenvalue weighted by atomic mass is 32.1. The maximum absolute atomic E-state index is 13.2. The topological polar surface area (TPSA) is 60.5 Å². The molecule has 0 aliphatic carbocycles. The summed E-state index contributed by atoms with van der Waals surface area (Å²) in [4.78, 5) is 21.4. The third kappa shape index (κ3) is 4.00. The van der Waals surface area contributed by atoms with Gasteiger partial charge in [0.1, 0.15) is 28.6 Å². The summed E-state index contributed by atoms with van der Waals surface area (Å²) in [5.41, 5.74) is 1.53. The number of aromatic nitrogens is 2. The molecule has 0 saturated carbocycles. The van der Waals surface area contributed by atoms with Crippen LogP contribution in [0.2, 0.25) is 0 Å². The molecule has 0 N–H and O–H groups in total. The number of furan rings is 1. The Morgan fingerprint density at radius 1 is 1.12 bits per heavy atom. The van der Waals surface area contributed by atoms with Gasteiger partial charge in [0.25, 0.3) is 5.56 Å². The molecule has 2 aliphatic heterocycles. The molecule has 6 rings (SSSR count). The van der Waals surface area contributed by atoms with Crippen LogP contribution < -0.4 is 10.3 Å². The van der Waals surface area contributed by atoms with E-state index in [0.717, 1.165) is 53.3 Å². The first-order valence-corrected chi connectivity index (χ1v) is 12.5. The molecule has 0 radical (unpaired) electrons. The number of thiophene rings is 1. The minimum atomic E-state index is -0.0326. The van der Waals surface area contributed by atoms with Crippen molar-refractivity contribution in [2.75, 3.05) is 7.05 Å². The minimum Gasteiger partial charge on any atom is -0.490 e. The van der Waals surface area contributed by atoms with E-state index >= 15 is 0 Å². The van der Waals surface area contributed by atoms with Crippen molar-refractivity contribution in [2.45, 2.75) is 56.7 Å². The van der Waals surface area contributed by atoms with Gasteiger partial charge in [0.05, 0.1) is 17.5 Å². The van der Waals surface area contributed by atoms with Crippen molar-refractivity contribution in [1.29, 1.82) is 0 Å². The van der Waals surface area contributed by atoms with E-state index in [9.17, 15) is 4.79 Å². The van der Waals surface area contributed by atoms with E-state index < -0.39 is 0 Å². The van der Waals surface area contributed by atoms with Crippen LogP contribution in [0.25, 0.3) is 15.9 Å². The molecule has 3 aromatic heterocycles. The highest BCUT2D eigenvalue weighted by Crippen LogP contribution is 2.36. The smallest absolute Gasteiger partial charge is 0.275 e. The number of hydrogen-bond donors (Lipinski definition) is 0. The molecule has 2 fully saturated rings. The number of piperidine rings is 1. The van der Waals surface area contributed by atoms with Crippen LogP contribution in [0.3, 0.4) is 0 Å². The standard InChI is InChI=1S/C26H27N3O3S/c1-28-18-4-5-19(28)14-22(13-18)32-21-8-6-17(7-9-21)29-16-27-24-15-23(33-25(24)26(29)30)11-10-20-3-2-12-31-20/h2-3,6-9,12,15-16,18-19,22H,4-5,10-11,13-14H2,1H3. The van der Waals surface area contributed by atoms with Crippen molar-refractivity contribution < 1.29 is 9.15 Å². The maximum Gasteiger partial charge on any atom is 0.275 e. The van der Waals surface area contributed by atoms with Gasteiger partial charge in [-0.1, -0.05) is 0 Å². The van der Waals surface area contributed by atoms with Crippen LogP contribution >= 0.6 is 11.3 Å². The number of benzene rings is 1. The maximum atomic E-state index is 13.2. The van der Waals surface area contributed by atoms with Gasteiger partial charge in [0, 0.05) is 23.4 Å². The summed E-state index contributed by atoms with van der Waals surface area (Å²) in [7, 11) is 2.24. The molecule has 5 heterocycles. The quantitative estimate of drug-likeness (QED) is 0.412. The van der Waals surface area contributed by atoms with Crippen molar-refractivity contribution in [3.63, 3.8) is 0 Å². The Balaban J connectivity index is 1.18. The van der Waals surface area contributed by atoms with Gasteiger partial charge in [0.15, 0.2) is 0 Å². The fourth-order valence-electron chi connectivity index (χ4n) is 5.31. The van der Waals surface area contributed by atoms with E-state index in [4.69, 9.17) is 9.15 Å². The average molecular weight is 462 g/mol. The summed E-state index contributed by atoms with van der Waals surface area (Å²) in [5.74, 6) is 1.82. The highest BCUT2D eigenvalue weighted by Gasteiger charge is 2.39. The Morgan fingerprint density at radius 3 is 2.64 bits per heavy atom. The van der Waals surface area contributed by atoms with E-state index in [2.05, 4.69) is 16.9 Å². The van der Waals surface area contributed by atoms with Gasteiger partial charge in [-0.15, -0.1) is 11.3 Å². The number of rotatable bonds is 6. The second-order valence-electron chi connectivity index (χ2n) is 9.18. The molecule has 170 valence electrons. The molecular weight excluding hydrogens is 434 g/mol. The van der Waals surface area contributed by atoms with E-state index in [0.29, 0.717) is 16.8 Å². The van der Waals surface area contributed by atoms with Gasteiger partial charge in [-0.05, 0) is 81.6 Å². The first kappa shape index (κ1) is 20.7. The van der Waals surface area contributed by atoms with Crippen molar-refractivity contribution in [3.05, 3.63) is 76.0 Å². The average Bonchev–Trinajstić information content (AvgIpc) is 3.53. The normalized spacial score (nSPS) is 22.8. The van der Waals surface area contributed by atoms with Crippen LogP contribution in [-0.4, -0.2) is 39.7 Å². The Kier molecular flexibility index (Phi) is 5.31. The lowest BCUT2D eigenvalue weighted by molar-refractivity contribution is 0.0662. The second-order valence-corrected chi connectivity index (χ2v) is 10.3. The molecule has 2 unspecified atom stereocenters. The van der Waals surface area contributed by atoms with Crippen LogP contribution in [0.15, 0.2) is 64.3 Å². The molecule has 2 saturated heterocycles. The lowest BCUT2D eigenvalue weighted by Crippen LogP contribution is -2.43. The molecule has 33 heavy (non-hydrogen) atoms. The Hall–Kier alpha value is -2.90. The SMILES string of the molecule is CN1C2CCC1CC(Oc1ccc(-n3cnc4cc(CCc5ccco5)sc4c3=O)cc1)C2. The molecule has 1 aromatic carbocycles. The van der Waals surface area contributed by atoms with Crippen molar-refractivity contribution in [1.82, 2.24) is 14.5 Å². The molecule has 0 amide bonds. The van der Waals surface area contributed by atoms with Crippen LogP contribution in [0.4, 0.5) is 0 Å². The molecule has 7 heteroatoms. The predicted octanol–water partition coefficient (Wildman–Crippen LogP) is 4.83. The summed E-state index contributed by atoms with van der Waals surface area (Å²) in [5, 5.41) is 0. The summed E-state index contributed by atoms with van der Waals surface area (Å²) in [6.45, 7) is 0. The van der Waals surface area contributed by atoms with E-state index in [1.165, 1.54) is 24.2 Å². The molecular formula is C26H27N3O3S. The number of ether oxygens (including phenoxy) is 1. The highest BCUT2D eigenvalue weighted by molar-refractivity contribution is 7.18. The molecule has 0 spiro atoms. The number of hydrogen-bond acceptors (Lipinski definition) is 6.